The smallest absolute Gasteiger partial charge is 0.306 e. The first-order valence-corrected chi connectivity index (χ1v) is 26.2. The van der Waals surface area contributed by atoms with E-state index in [4.69, 9.17) is 14.2 Å². The molecule has 0 bridgehead atoms. The fourth-order valence-electron chi connectivity index (χ4n) is 7.99. The maximum absolute atomic E-state index is 12.8. The van der Waals surface area contributed by atoms with E-state index in [1.807, 2.05) is 0 Å². The zero-order valence-corrected chi connectivity index (χ0v) is 40.4. The van der Waals surface area contributed by atoms with Crippen LogP contribution in [0.2, 0.25) is 0 Å². The predicted molar refractivity (Wildman–Crippen MR) is 252 cm³/mol. The Morgan fingerprint density at radius 1 is 0.322 bits per heavy atom. The summed E-state index contributed by atoms with van der Waals surface area (Å²) >= 11 is 0. The fraction of sp³-hybridized carbons (Fsp3) is 0.943. The number of carbonyl (C=O) groups excluding carboxylic acids is 3. The molecule has 0 spiro atoms. The van der Waals surface area contributed by atoms with E-state index in [9.17, 15) is 14.4 Å². The van der Waals surface area contributed by atoms with Gasteiger partial charge in [0.15, 0.2) is 6.10 Å². The molecule has 0 N–H and O–H groups in total. The topological polar surface area (TPSA) is 78.9 Å². The van der Waals surface area contributed by atoms with Crippen molar-refractivity contribution in [2.45, 2.75) is 298 Å². The summed E-state index contributed by atoms with van der Waals surface area (Å²) in [6, 6.07) is 0. The van der Waals surface area contributed by atoms with Crippen molar-refractivity contribution >= 4 is 17.9 Å². The molecule has 0 saturated heterocycles. The van der Waals surface area contributed by atoms with Crippen molar-refractivity contribution in [3.8, 4) is 0 Å². The predicted octanol–water partition coefficient (Wildman–Crippen LogP) is 16.9. The quantitative estimate of drug-likeness (QED) is 0.0345. The molecule has 0 aromatic heterocycles. The summed E-state index contributed by atoms with van der Waals surface area (Å²) in [6.07, 6.45) is 46.6. The molecular weight excluding hydrogens is 733 g/mol. The molecule has 0 unspecified atom stereocenters. The number of ether oxygens (including phenoxy) is 3. The van der Waals surface area contributed by atoms with Crippen molar-refractivity contribution in [1.82, 2.24) is 0 Å². The van der Waals surface area contributed by atoms with Crippen molar-refractivity contribution in [3.63, 3.8) is 0 Å². The van der Waals surface area contributed by atoms with E-state index >= 15 is 0 Å². The number of esters is 3. The van der Waals surface area contributed by atoms with E-state index in [0.717, 1.165) is 69.6 Å². The van der Waals surface area contributed by atoms with Crippen LogP contribution < -0.4 is 0 Å². The molecule has 0 aromatic carbocycles. The largest absolute Gasteiger partial charge is 0.462 e. The van der Waals surface area contributed by atoms with Gasteiger partial charge in [0, 0.05) is 19.3 Å². The number of carbonyl (C=O) groups is 3. The van der Waals surface area contributed by atoms with Crippen LogP contribution in [0.5, 0.6) is 0 Å². The number of rotatable bonds is 47. The van der Waals surface area contributed by atoms with Crippen LogP contribution in [0.4, 0.5) is 0 Å². The third-order valence-corrected chi connectivity index (χ3v) is 12.0. The minimum atomic E-state index is -0.761. The van der Waals surface area contributed by atoms with E-state index < -0.39 is 6.10 Å². The van der Waals surface area contributed by atoms with Crippen LogP contribution >= 0.6 is 0 Å². The SMILES string of the molecule is CCCCCCCCCCCCCCCC(=O)OC[C@@H](COC(=O)CCCCCCCCCCCC(C)C)OC(=O)CCCCCCCCCCCCCCCC(C)C. The summed E-state index contributed by atoms with van der Waals surface area (Å²) in [6.45, 7) is 11.4. The Morgan fingerprint density at radius 3 is 0.831 bits per heavy atom. The highest BCUT2D eigenvalue weighted by Gasteiger charge is 2.19. The molecular formula is C53H102O6. The monoisotopic (exact) mass is 835 g/mol. The zero-order chi connectivity index (χ0) is 43.3. The number of hydrogen-bond acceptors (Lipinski definition) is 6. The molecule has 6 heteroatoms. The molecule has 0 fully saturated rings. The van der Waals surface area contributed by atoms with Crippen molar-refractivity contribution in [2.75, 3.05) is 13.2 Å². The van der Waals surface area contributed by atoms with Crippen LogP contribution in [0.1, 0.15) is 291 Å². The van der Waals surface area contributed by atoms with Crippen LogP contribution in [-0.2, 0) is 28.6 Å². The van der Waals surface area contributed by atoms with Gasteiger partial charge in [-0.2, -0.15) is 0 Å². The van der Waals surface area contributed by atoms with Gasteiger partial charge in [-0.05, 0) is 31.1 Å². The summed E-state index contributed by atoms with van der Waals surface area (Å²) in [5, 5.41) is 0. The first-order valence-electron chi connectivity index (χ1n) is 26.2. The molecule has 0 aliphatic carbocycles. The first kappa shape index (κ1) is 57.4. The Bertz CT molecular complexity index is 900. The highest BCUT2D eigenvalue weighted by Crippen LogP contribution is 2.17. The van der Waals surface area contributed by atoms with E-state index in [1.165, 1.54) is 180 Å². The van der Waals surface area contributed by atoms with Gasteiger partial charge in [0.1, 0.15) is 13.2 Å². The lowest BCUT2D eigenvalue weighted by Crippen LogP contribution is -2.30. The molecule has 0 aliphatic heterocycles. The van der Waals surface area contributed by atoms with Gasteiger partial charge in [-0.1, -0.05) is 253 Å². The Morgan fingerprint density at radius 2 is 0.559 bits per heavy atom. The normalized spacial score (nSPS) is 12.1. The van der Waals surface area contributed by atoms with Crippen molar-refractivity contribution in [1.29, 1.82) is 0 Å². The minimum Gasteiger partial charge on any atom is -0.462 e. The third kappa shape index (κ3) is 47.3. The molecule has 350 valence electrons. The lowest BCUT2D eigenvalue weighted by atomic mass is 10.0. The molecule has 0 amide bonds. The number of unbranched alkanes of at least 4 members (excludes halogenated alkanes) is 32. The summed E-state index contributed by atoms with van der Waals surface area (Å²) in [5.41, 5.74) is 0. The standard InChI is InChI=1S/C53H102O6/c1-6-7-8-9-10-11-12-14-18-23-28-33-38-43-51(54)57-46-50(47-58-52(55)44-39-34-29-25-20-22-27-32-37-42-49(4)5)59-53(56)45-40-35-30-24-19-16-13-15-17-21-26-31-36-41-48(2)3/h48-50H,6-47H2,1-5H3/t50-/m0/s1. The highest BCUT2D eigenvalue weighted by molar-refractivity contribution is 5.71. The lowest BCUT2D eigenvalue weighted by Gasteiger charge is -2.18. The van der Waals surface area contributed by atoms with E-state index in [2.05, 4.69) is 34.6 Å². The number of hydrogen-bond donors (Lipinski definition) is 0. The van der Waals surface area contributed by atoms with Crippen molar-refractivity contribution in [3.05, 3.63) is 0 Å². The first-order chi connectivity index (χ1) is 28.7. The average molecular weight is 835 g/mol. The maximum atomic E-state index is 12.8. The summed E-state index contributed by atoms with van der Waals surface area (Å²) in [4.78, 5) is 37.9. The molecule has 0 aliphatic rings. The zero-order valence-electron chi connectivity index (χ0n) is 40.4. The molecule has 0 rings (SSSR count). The molecule has 1 atom stereocenters. The molecule has 0 radical (unpaired) electrons. The van der Waals surface area contributed by atoms with Crippen LogP contribution in [0, 0.1) is 11.8 Å². The van der Waals surface area contributed by atoms with Crippen LogP contribution in [0.25, 0.3) is 0 Å². The summed E-state index contributed by atoms with van der Waals surface area (Å²) < 4.78 is 16.8. The van der Waals surface area contributed by atoms with Crippen LogP contribution in [0.15, 0.2) is 0 Å². The van der Waals surface area contributed by atoms with Crippen LogP contribution in [0.3, 0.4) is 0 Å². The van der Waals surface area contributed by atoms with E-state index in [-0.39, 0.29) is 31.1 Å². The van der Waals surface area contributed by atoms with E-state index in [1.54, 1.807) is 0 Å². The average Bonchev–Trinajstić information content (AvgIpc) is 3.20. The van der Waals surface area contributed by atoms with Gasteiger partial charge in [0.05, 0.1) is 0 Å². The third-order valence-electron chi connectivity index (χ3n) is 12.0. The fourth-order valence-corrected chi connectivity index (χ4v) is 7.99. The van der Waals surface area contributed by atoms with Gasteiger partial charge in [0.2, 0.25) is 0 Å². The Hall–Kier alpha value is -1.59. The van der Waals surface area contributed by atoms with E-state index in [0.29, 0.717) is 19.3 Å². The molecule has 0 aromatic rings. The molecule has 0 heterocycles. The van der Waals surface area contributed by atoms with Gasteiger partial charge in [0.25, 0.3) is 0 Å². The van der Waals surface area contributed by atoms with Crippen molar-refractivity contribution < 1.29 is 28.6 Å². The summed E-state index contributed by atoms with van der Waals surface area (Å²) in [7, 11) is 0. The second-order valence-corrected chi connectivity index (χ2v) is 19.1. The van der Waals surface area contributed by atoms with Crippen LogP contribution in [-0.4, -0.2) is 37.2 Å². The molecule has 0 saturated carbocycles. The maximum Gasteiger partial charge on any atom is 0.306 e. The van der Waals surface area contributed by atoms with Crippen molar-refractivity contribution in [2.24, 2.45) is 11.8 Å². The van der Waals surface area contributed by atoms with Gasteiger partial charge >= 0.3 is 17.9 Å². The molecule has 59 heavy (non-hydrogen) atoms. The Labute approximate surface area is 368 Å². The Balaban J connectivity index is 4.31. The second-order valence-electron chi connectivity index (χ2n) is 19.1. The summed E-state index contributed by atoms with van der Waals surface area (Å²) in [5.74, 6) is 0.799. The van der Waals surface area contributed by atoms with Gasteiger partial charge in [-0.25, -0.2) is 0 Å². The molecule has 6 nitrogen and oxygen atoms in total. The van der Waals surface area contributed by atoms with Gasteiger partial charge in [-0.15, -0.1) is 0 Å². The highest BCUT2D eigenvalue weighted by atomic mass is 16.6. The minimum absolute atomic E-state index is 0.0636. The second kappa shape index (κ2) is 45.9. The Kier molecular flexibility index (Phi) is 44.7. The lowest BCUT2D eigenvalue weighted by molar-refractivity contribution is -0.167. The van der Waals surface area contributed by atoms with Gasteiger partial charge in [-0.3, -0.25) is 14.4 Å². The van der Waals surface area contributed by atoms with Gasteiger partial charge < -0.3 is 14.2 Å².